The molecule has 2 bridgehead atoms. The number of rotatable bonds is 3. The molecular weight excluding hydrogens is 288 g/mol. The van der Waals surface area contributed by atoms with Gasteiger partial charge in [0.1, 0.15) is 6.33 Å². The van der Waals surface area contributed by atoms with Crippen LogP contribution in [-0.4, -0.2) is 33.5 Å². The third kappa shape index (κ3) is 2.67. The van der Waals surface area contributed by atoms with E-state index in [2.05, 4.69) is 27.4 Å². The van der Waals surface area contributed by atoms with Crippen LogP contribution in [0.2, 0.25) is 0 Å². The summed E-state index contributed by atoms with van der Waals surface area (Å²) in [7, 11) is 0. The number of hydrogen-bond acceptors (Lipinski definition) is 3. The van der Waals surface area contributed by atoms with E-state index in [9.17, 15) is 4.79 Å². The summed E-state index contributed by atoms with van der Waals surface area (Å²) in [6.07, 6.45) is 7.24. The Hall–Kier alpha value is -2.43. The van der Waals surface area contributed by atoms with Crippen LogP contribution in [0.1, 0.15) is 35.7 Å². The van der Waals surface area contributed by atoms with E-state index in [4.69, 9.17) is 0 Å². The van der Waals surface area contributed by atoms with Gasteiger partial charge in [0.15, 0.2) is 0 Å². The minimum atomic E-state index is 0.0444. The lowest BCUT2D eigenvalue weighted by molar-refractivity contribution is 0.165. The molecule has 2 amide bonds. The molecule has 1 aromatic carbocycles. The summed E-state index contributed by atoms with van der Waals surface area (Å²) >= 11 is 0. The van der Waals surface area contributed by atoms with Crippen molar-refractivity contribution >= 4 is 6.03 Å². The van der Waals surface area contributed by atoms with Gasteiger partial charge in [-0.05, 0) is 24.8 Å². The Kier molecular flexibility index (Phi) is 3.69. The molecule has 2 aliphatic rings. The van der Waals surface area contributed by atoms with Crippen molar-refractivity contribution in [3.8, 4) is 0 Å². The molecule has 1 N–H and O–H groups in total. The second-order valence-corrected chi connectivity index (χ2v) is 6.25. The molecule has 23 heavy (non-hydrogen) atoms. The van der Waals surface area contributed by atoms with Crippen molar-refractivity contribution < 1.29 is 4.79 Å². The van der Waals surface area contributed by atoms with Crippen LogP contribution in [0.3, 0.4) is 0 Å². The third-order valence-corrected chi connectivity index (χ3v) is 4.88. The van der Waals surface area contributed by atoms with E-state index in [0.29, 0.717) is 6.54 Å². The molecule has 5 nitrogen and oxygen atoms in total. The molecule has 1 aromatic heterocycles. The number of carbonyl (C=O) groups is 1. The number of aromatic nitrogens is 2. The van der Waals surface area contributed by atoms with E-state index in [1.807, 2.05) is 29.3 Å². The number of nitrogens with one attached hydrogen (secondary N) is 1. The summed E-state index contributed by atoms with van der Waals surface area (Å²) in [6.45, 7) is 0.664. The van der Waals surface area contributed by atoms with Crippen molar-refractivity contribution in [1.29, 1.82) is 0 Å². The Morgan fingerprint density at radius 1 is 1.26 bits per heavy atom. The summed E-state index contributed by atoms with van der Waals surface area (Å²) in [4.78, 5) is 23.2. The molecule has 0 saturated carbocycles. The highest BCUT2D eigenvalue weighted by molar-refractivity contribution is 5.76. The average molecular weight is 308 g/mol. The van der Waals surface area contributed by atoms with E-state index < -0.39 is 0 Å². The standard InChI is InChI=1S/C18H20N4O/c23-18(20-9-8-13-4-2-1-3-5-13)22-14-6-7-17(22)15-11-19-12-21-16(15)10-14/h1-5,11-12,14,17H,6-10H2,(H,20,23). The molecule has 3 heterocycles. The molecule has 0 aliphatic carbocycles. The minimum Gasteiger partial charge on any atom is -0.338 e. The quantitative estimate of drug-likeness (QED) is 0.948. The van der Waals surface area contributed by atoms with Crippen LogP contribution in [-0.2, 0) is 12.8 Å². The Balaban J connectivity index is 1.42. The number of benzene rings is 1. The zero-order valence-corrected chi connectivity index (χ0v) is 13.0. The molecule has 5 heteroatoms. The van der Waals surface area contributed by atoms with Gasteiger partial charge in [0.2, 0.25) is 0 Å². The topological polar surface area (TPSA) is 58.1 Å². The van der Waals surface area contributed by atoms with Crippen molar-refractivity contribution in [3.63, 3.8) is 0 Å². The predicted molar refractivity (Wildman–Crippen MR) is 86.9 cm³/mol. The smallest absolute Gasteiger partial charge is 0.318 e. The van der Waals surface area contributed by atoms with Gasteiger partial charge in [0, 0.05) is 30.8 Å². The van der Waals surface area contributed by atoms with Crippen molar-refractivity contribution in [2.24, 2.45) is 0 Å². The Bertz CT molecular complexity index is 703. The van der Waals surface area contributed by atoms with Gasteiger partial charge >= 0.3 is 6.03 Å². The second kappa shape index (κ2) is 5.99. The summed E-state index contributed by atoms with van der Waals surface area (Å²) in [5, 5.41) is 3.08. The monoisotopic (exact) mass is 308 g/mol. The molecule has 2 atom stereocenters. The van der Waals surface area contributed by atoms with Gasteiger partial charge in [-0.3, -0.25) is 0 Å². The highest BCUT2D eigenvalue weighted by Crippen LogP contribution is 2.42. The lowest BCUT2D eigenvalue weighted by atomic mass is 10.00. The van der Waals surface area contributed by atoms with E-state index in [1.54, 1.807) is 6.33 Å². The van der Waals surface area contributed by atoms with E-state index >= 15 is 0 Å². The Morgan fingerprint density at radius 3 is 3.00 bits per heavy atom. The molecule has 4 rings (SSSR count). The van der Waals surface area contributed by atoms with E-state index in [1.165, 1.54) is 5.56 Å². The molecule has 2 aromatic rings. The van der Waals surface area contributed by atoms with Crippen LogP contribution in [0.15, 0.2) is 42.9 Å². The van der Waals surface area contributed by atoms with Crippen molar-refractivity contribution in [2.45, 2.75) is 37.8 Å². The maximum absolute atomic E-state index is 12.6. The number of fused-ring (bicyclic) bond motifs is 4. The van der Waals surface area contributed by atoms with Gasteiger partial charge in [-0.15, -0.1) is 0 Å². The first-order valence-electron chi connectivity index (χ1n) is 8.22. The summed E-state index contributed by atoms with van der Waals surface area (Å²) < 4.78 is 0. The zero-order valence-electron chi connectivity index (χ0n) is 13.0. The van der Waals surface area contributed by atoms with E-state index in [0.717, 1.165) is 36.9 Å². The molecular formula is C18H20N4O. The fourth-order valence-electron chi connectivity index (χ4n) is 3.78. The van der Waals surface area contributed by atoms with Crippen molar-refractivity contribution in [1.82, 2.24) is 20.2 Å². The molecule has 0 radical (unpaired) electrons. The minimum absolute atomic E-state index is 0.0444. The van der Waals surface area contributed by atoms with Crippen molar-refractivity contribution in [3.05, 3.63) is 59.7 Å². The average Bonchev–Trinajstić information content (AvgIpc) is 2.91. The third-order valence-electron chi connectivity index (χ3n) is 4.88. The van der Waals surface area contributed by atoms with Gasteiger partial charge in [0.05, 0.1) is 11.7 Å². The molecule has 2 unspecified atom stereocenters. The molecule has 118 valence electrons. The maximum atomic E-state index is 12.6. The fourth-order valence-corrected chi connectivity index (χ4v) is 3.78. The lowest BCUT2D eigenvalue weighted by Gasteiger charge is -2.35. The Labute approximate surface area is 135 Å². The number of carbonyl (C=O) groups excluding carboxylic acids is 1. The SMILES string of the molecule is O=C(NCCc1ccccc1)N1C2CCC1c1cncnc1C2. The van der Waals surface area contributed by atoms with Gasteiger partial charge in [-0.25, -0.2) is 14.8 Å². The molecule has 1 saturated heterocycles. The van der Waals surface area contributed by atoms with Crippen LogP contribution in [0.4, 0.5) is 4.79 Å². The summed E-state index contributed by atoms with van der Waals surface area (Å²) in [5.74, 6) is 0. The number of hydrogen-bond donors (Lipinski definition) is 1. The Morgan fingerprint density at radius 2 is 2.13 bits per heavy atom. The van der Waals surface area contributed by atoms with E-state index in [-0.39, 0.29) is 18.1 Å². The lowest BCUT2D eigenvalue weighted by Crippen LogP contribution is -2.47. The van der Waals surface area contributed by atoms with Gasteiger partial charge in [-0.1, -0.05) is 30.3 Å². The van der Waals surface area contributed by atoms with Crippen LogP contribution in [0.5, 0.6) is 0 Å². The molecule has 0 spiro atoms. The fraction of sp³-hybridized carbons (Fsp3) is 0.389. The molecule has 1 fully saturated rings. The first kappa shape index (κ1) is 14.2. The highest BCUT2D eigenvalue weighted by atomic mass is 16.2. The van der Waals surface area contributed by atoms with Gasteiger partial charge in [-0.2, -0.15) is 0 Å². The molecule has 2 aliphatic heterocycles. The van der Waals surface area contributed by atoms with Crippen LogP contribution in [0.25, 0.3) is 0 Å². The van der Waals surface area contributed by atoms with Crippen LogP contribution < -0.4 is 5.32 Å². The largest absolute Gasteiger partial charge is 0.338 e. The van der Waals surface area contributed by atoms with Gasteiger partial charge < -0.3 is 10.2 Å². The van der Waals surface area contributed by atoms with Crippen LogP contribution >= 0.6 is 0 Å². The number of urea groups is 1. The predicted octanol–water partition coefficient (Wildman–Crippen LogP) is 2.49. The number of amides is 2. The van der Waals surface area contributed by atoms with Crippen molar-refractivity contribution in [2.75, 3.05) is 6.54 Å². The first-order valence-corrected chi connectivity index (χ1v) is 8.22. The summed E-state index contributed by atoms with van der Waals surface area (Å²) in [5.41, 5.74) is 3.48. The first-order chi connectivity index (χ1) is 11.3. The van der Waals surface area contributed by atoms with Crippen LogP contribution in [0, 0.1) is 0 Å². The summed E-state index contributed by atoms with van der Waals surface area (Å²) in [6, 6.07) is 10.7. The zero-order chi connectivity index (χ0) is 15.6. The normalized spacial score (nSPS) is 21.8. The van der Waals surface area contributed by atoms with Gasteiger partial charge in [0.25, 0.3) is 0 Å². The maximum Gasteiger partial charge on any atom is 0.318 e. The second-order valence-electron chi connectivity index (χ2n) is 6.25. The number of nitrogens with zero attached hydrogens (tertiary/aromatic N) is 3. The highest BCUT2D eigenvalue weighted by Gasteiger charge is 2.43.